The minimum Gasteiger partial charge on any atom is -0.508 e. The van der Waals surface area contributed by atoms with E-state index in [0.717, 1.165) is 5.57 Å². The topological polar surface area (TPSA) is 110 Å². The molecule has 184 valence electrons. The van der Waals surface area contributed by atoms with Gasteiger partial charge in [0.1, 0.15) is 11.9 Å². The standard InChI is InChI=1S/C28H37NO5/c1-21-14-8-4-6-10-17-23(3)29-26(32)19-11-7-5-9-16-22(2)27(33)28(34)25(31)20-24(30)18-13-12-15-21/h4-16,18-19,22-25,30-31,33-34H,17,20H2,1-3H3,(H,29,32)/b7-5+,8-4+,10-6-,15-12+,16-9+,18-13+,19-11+,21-14+,28-27+. The summed E-state index contributed by atoms with van der Waals surface area (Å²) in [6, 6.07) is -0.00905. The third-order valence-corrected chi connectivity index (χ3v) is 4.85. The molecule has 0 aromatic carbocycles. The maximum atomic E-state index is 12.0. The van der Waals surface area contributed by atoms with Crippen LogP contribution in [-0.2, 0) is 4.79 Å². The van der Waals surface area contributed by atoms with Gasteiger partial charge in [0.2, 0.25) is 5.91 Å². The van der Waals surface area contributed by atoms with Gasteiger partial charge in [-0.3, -0.25) is 4.79 Å². The number of hydrogen-bond acceptors (Lipinski definition) is 5. The average molecular weight is 468 g/mol. The molecule has 1 heterocycles. The van der Waals surface area contributed by atoms with Gasteiger partial charge in [0.15, 0.2) is 5.76 Å². The normalized spacial score (nSPS) is 36.7. The van der Waals surface area contributed by atoms with Gasteiger partial charge in [-0.15, -0.1) is 0 Å². The Balaban J connectivity index is 3.01. The van der Waals surface area contributed by atoms with E-state index in [2.05, 4.69) is 5.32 Å². The van der Waals surface area contributed by atoms with Crippen molar-refractivity contribution in [1.82, 2.24) is 5.32 Å². The molecule has 1 amide bonds. The SMILES string of the molecule is CC1=C\C=C\C=C/CC(C)NC(=O)/C=C/C=C/C=C/C(C)/C(O)=C(\O)C(O)CC(O)\C=C\C=C\1. The van der Waals surface area contributed by atoms with Crippen molar-refractivity contribution >= 4 is 5.91 Å². The van der Waals surface area contributed by atoms with E-state index in [1.807, 2.05) is 50.3 Å². The van der Waals surface area contributed by atoms with E-state index in [0.29, 0.717) is 6.42 Å². The Morgan fingerprint density at radius 3 is 2.24 bits per heavy atom. The Bertz CT molecular complexity index is 915. The van der Waals surface area contributed by atoms with Gasteiger partial charge in [-0.2, -0.15) is 0 Å². The van der Waals surface area contributed by atoms with Crippen LogP contribution >= 0.6 is 0 Å². The maximum absolute atomic E-state index is 12.0. The molecule has 34 heavy (non-hydrogen) atoms. The molecule has 4 atom stereocenters. The van der Waals surface area contributed by atoms with Crippen LogP contribution in [-0.4, -0.2) is 44.6 Å². The van der Waals surface area contributed by atoms with Gasteiger partial charge >= 0.3 is 0 Å². The van der Waals surface area contributed by atoms with E-state index in [4.69, 9.17) is 0 Å². The first-order valence-electron chi connectivity index (χ1n) is 11.4. The summed E-state index contributed by atoms with van der Waals surface area (Å²) in [5.74, 6) is -1.70. The summed E-state index contributed by atoms with van der Waals surface area (Å²) < 4.78 is 0. The highest BCUT2D eigenvalue weighted by molar-refractivity contribution is 5.87. The maximum Gasteiger partial charge on any atom is 0.244 e. The summed E-state index contributed by atoms with van der Waals surface area (Å²) in [6.45, 7) is 5.53. The average Bonchev–Trinajstić information content (AvgIpc) is 2.79. The van der Waals surface area contributed by atoms with E-state index in [-0.39, 0.29) is 24.1 Å². The molecule has 6 nitrogen and oxygen atoms in total. The zero-order chi connectivity index (χ0) is 25.3. The summed E-state index contributed by atoms with van der Waals surface area (Å²) in [7, 11) is 0. The Labute approximate surface area is 202 Å². The number of carbonyl (C=O) groups excluding carboxylic acids is 1. The molecule has 0 fully saturated rings. The van der Waals surface area contributed by atoms with Crippen LogP contribution in [0.5, 0.6) is 0 Å². The van der Waals surface area contributed by atoms with Crippen molar-refractivity contribution in [2.45, 2.75) is 51.9 Å². The molecule has 1 rings (SSSR count). The number of rotatable bonds is 0. The largest absolute Gasteiger partial charge is 0.508 e. The van der Waals surface area contributed by atoms with Crippen LogP contribution < -0.4 is 5.32 Å². The zero-order valence-corrected chi connectivity index (χ0v) is 20.1. The van der Waals surface area contributed by atoms with E-state index < -0.39 is 23.9 Å². The van der Waals surface area contributed by atoms with Crippen LogP contribution in [0.4, 0.5) is 0 Å². The first kappa shape index (κ1) is 28.7. The van der Waals surface area contributed by atoms with E-state index in [1.54, 1.807) is 49.5 Å². The van der Waals surface area contributed by atoms with Crippen molar-refractivity contribution in [1.29, 1.82) is 0 Å². The molecule has 1 aliphatic heterocycles. The van der Waals surface area contributed by atoms with Crippen LogP contribution in [0.1, 0.15) is 33.6 Å². The highest BCUT2D eigenvalue weighted by Gasteiger charge is 2.20. The minimum absolute atomic E-state index is 0.00905. The second kappa shape index (κ2) is 16.3. The monoisotopic (exact) mass is 467 g/mol. The second-order valence-corrected chi connectivity index (χ2v) is 8.12. The molecule has 0 spiro atoms. The van der Waals surface area contributed by atoms with Gasteiger partial charge < -0.3 is 25.7 Å². The number of nitrogens with one attached hydrogen (secondary N) is 1. The Morgan fingerprint density at radius 1 is 0.824 bits per heavy atom. The van der Waals surface area contributed by atoms with Crippen molar-refractivity contribution in [2.75, 3.05) is 0 Å². The van der Waals surface area contributed by atoms with Crippen LogP contribution in [0.2, 0.25) is 0 Å². The van der Waals surface area contributed by atoms with E-state index in [1.165, 1.54) is 12.2 Å². The fourth-order valence-corrected chi connectivity index (χ4v) is 2.85. The summed E-state index contributed by atoms with van der Waals surface area (Å²) in [5.41, 5.74) is 0.999. The van der Waals surface area contributed by atoms with Crippen molar-refractivity contribution in [3.63, 3.8) is 0 Å². The van der Waals surface area contributed by atoms with Crippen LogP contribution in [0, 0.1) is 5.92 Å². The summed E-state index contributed by atoms with van der Waals surface area (Å²) in [6.07, 6.45) is 24.3. The lowest BCUT2D eigenvalue weighted by Gasteiger charge is -2.15. The third kappa shape index (κ3) is 12.6. The number of hydrogen-bond donors (Lipinski definition) is 5. The molecule has 0 bridgehead atoms. The quantitative estimate of drug-likeness (QED) is 0.351. The molecule has 0 radical (unpaired) electrons. The van der Waals surface area contributed by atoms with Crippen molar-refractivity contribution in [3.8, 4) is 0 Å². The smallest absolute Gasteiger partial charge is 0.244 e. The number of amides is 1. The Hall–Kier alpha value is -3.35. The van der Waals surface area contributed by atoms with Gasteiger partial charge in [-0.1, -0.05) is 97.6 Å². The van der Waals surface area contributed by atoms with Gasteiger partial charge in [0, 0.05) is 24.5 Å². The molecular formula is C28H37NO5. The predicted octanol–water partition coefficient (Wildman–Crippen LogP) is 4.81. The molecule has 1 aliphatic rings. The summed E-state index contributed by atoms with van der Waals surface area (Å²) in [5, 5.41) is 43.4. The summed E-state index contributed by atoms with van der Waals surface area (Å²) >= 11 is 0. The van der Waals surface area contributed by atoms with Crippen molar-refractivity contribution < 1.29 is 25.2 Å². The lowest BCUT2D eigenvalue weighted by molar-refractivity contribution is -0.117. The molecule has 5 N–H and O–H groups in total. The molecule has 0 aliphatic carbocycles. The number of aliphatic hydroxyl groups excluding tert-OH is 4. The molecule has 6 heteroatoms. The number of allylic oxidation sites excluding steroid dienone is 13. The molecule has 0 aromatic heterocycles. The molecular weight excluding hydrogens is 430 g/mol. The molecule has 0 saturated heterocycles. The van der Waals surface area contributed by atoms with E-state index in [9.17, 15) is 25.2 Å². The highest BCUT2D eigenvalue weighted by Crippen LogP contribution is 2.18. The van der Waals surface area contributed by atoms with Gasteiger partial charge in [-0.05, 0) is 20.3 Å². The third-order valence-electron chi connectivity index (χ3n) is 4.85. The fourth-order valence-electron chi connectivity index (χ4n) is 2.85. The minimum atomic E-state index is -1.41. The molecule has 0 aromatic rings. The lowest BCUT2D eigenvalue weighted by Crippen LogP contribution is -2.30. The van der Waals surface area contributed by atoms with Crippen molar-refractivity contribution in [3.05, 3.63) is 108 Å². The number of aliphatic hydroxyl groups is 4. The van der Waals surface area contributed by atoms with Crippen LogP contribution in [0.25, 0.3) is 0 Å². The van der Waals surface area contributed by atoms with Crippen molar-refractivity contribution in [2.24, 2.45) is 5.92 Å². The fraction of sp³-hybridized carbons (Fsp3) is 0.321. The van der Waals surface area contributed by atoms with Gasteiger partial charge in [-0.25, -0.2) is 0 Å². The highest BCUT2D eigenvalue weighted by atomic mass is 16.3. The molecule has 4 unspecified atom stereocenters. The second-order valence-electron chi connectivity index (χ2n) is 8.12. The Morgan fingerprint density at radius 2 is 1.47 bits per heavy atom. The Kier molecular flexibility index (Phi) is 13.7. The zero-order valence-electron chi connectivity index (χ0n) is 20.1. The van der Waals surface area contributed by atoms with Gasteiger partial charge in [0.25, 0.3) is 0 Å². The lowest BCUT2D eigenvalue weighted by atomic mass is 10.0. The molecule has 0 saturated carbocycles. The van der Waals surface area contributed by atoms with Gasteiger partial charge in [0.05, 0.1) is 6.10 Å². The van der Waals surface area contributed by atoms with Crippen LogP contribution in [0.3, 0.4) is 0 Å². The number of carbonyl (C=O) groups is 1. The predicted molar refractivity (Wildman–Crippen MR) is 138 cm³/mol. The summed E-state index contributed by atoms with van der Waals surface area (Å²) in [4.78, 5) is 12.0. The first-order chi connectivity index (χ1) is 16.2. The van der Waals surface area contributed by atoms with Crippen LogP contribution in [0.15, 0.2) is 108 Å². The van der Waals surface area contributed by atoms with E-state index >= 15 is 0 Å². The first-order valence-corrected chi connectivity index (χ1v) is 11.4.